The number of hydrogen-bond donors (Lipinski definition) is 2. The summed E-state index contributed by atoms with van der Waals surface area (Å²) in [7, 11) is 0. The Balaban J connectivity index is 2.04. The third kappa shape index (κ3) is 3.27. The number of hydrogen-bond acceptors (Lipinski definition) is 3. The van der Waals surface area contributed by atoms with Gasteiger partial charge < -0.3 is 15.0 Å². The molecule has 1 aromatic carbocycles. The average molecular weight is 373 g/mol. The second kappa shape index (κ2) is 7.38. The molecule has 0 unspecified atom stereocenters. The number of amides is 1. The summed E-state index contributed by atoms with van der Waals surface area (Å²) in [5.41, 5.74) is 6.02. The molecule has 2 aromatic rings. The fourth-order valence-electron chi connectivity index (χ4n) is 3.22. The van der Waals surface area contributed by atoms with Crippen molar-refractivity contribution in [3.63, 3.8) is 0 Å². The standard InChI is InChI=1S/C20H21ClN2O3/c1-4-26-20(25)18-11(2)17(22-12(18)3)10-15-14-9-13(7-8-21)5-6-16(14)23-19(15)24/h5-6,9-10,22H,4,7-8H2,1-3H3,(H,23,24). The molecule has 0 atom stereocenters. The summed E-state index contributed by atoms with van der Waals surface area (Å²) in [5.74, 6) is 0.00765. The van der Waals surface area contributed by atoms with E-state index in [2.05, 4.69) is 10.3 Å². The summed E-state index contributed by atoms with van der Waals surface area (Å²) in [6, 6.07) is 5.85. The minimum atomic E-state index is -0.357. The summed E-state index contributed by atoms with van der Waals surface area (Å²) in [6.45, 7) is 5.76. The van der Waals surface area contributed by atoms with Gasteiger partial charge in [-0.1, -0.05) is 6.07 Å². The number of aromatic amines is 1. The molecular formula is C20H21ClN2O3. The zero-order chi connectivity index (χ0) is 18.8. The van der Waals surface area contributed by atoms with E-state index in [-0.39, 0.29) is 11.9 Å². The number of aryl methyl sites for hydroxylation is 2. The molecule has 26 heavy (non-hydrogen) atoms. The third-order valence-electron chi connectivity index (χ3n) is 4.49. The van der Waals surface area contributed by atoms with Gasteiger partial charge in [-0.2, -0.15) is 0 Å². The highest BCUT2D eigenvalue weighted by Gasteiger charge is 2.26. The number of rotatable bonds is 5. The quantitative estimate of drug-likeness (QED) is 0.472. The van der Waals surface area contributed by atoms with Gasteiger partial charge in [0.2, 0.25) is 0 Å². The molecule has 0 fully saturated rings. The van der Waals surface area contributed by atoms with Crippen LogP contribution in [-0.4, -0.2) is 29.3 Å². The van der Waals surface area contributed by atoms with Crippen molar-refractivity contribution in [1.29, 1.82) is 0 Å². The number of benzene rings is 1. The first kappa shape index (κ1) is 18.3. The smallest absolute Gasteiger partial charge is 0.340 e. The Kier molecular flexibility index (Phi) is 5.18. The zero-order valence-electron chi connectivity index (χ0n) is 15.0. The van der Waals surface area contributed by atoms with Crippen molar-refractivity contribution in [2.45, 2.75) is 27.2 Å². The SMILES string of the molecule is CCOC(=O)c1c(C)[nH]c(C=C2C(=O)Nc3ccc(CCCl)cc32)c1C. The highest BCUT2D eigenvalue weighted by molar-refractivity contribution is 6.35. The highest BCUT2D eigenvalue weighted by Crippen LogP contribution is 2.35. The number of carbonyl (C=O) groups excluding carboxylic acids is 2. The van der Waals surface area contributed by atoms with Crippen molar-refractivity contribution in [3.05, 3.63) is 51.8 Å². The summed E-state index contributed by atoms with van der Waals surface area (Å²) in [5, 5.41) is 2.88. The number of aromatic nitrogens is 1. The van der Waals surface area contributed by atoms with Crippen LogP contribution >= 0.6 is 11.6 Å². The number of nitrogens with one attached hydrogen (secondary N) is 2. The van der Waals surface area contributed by atoms with Gasteiger partial charge >= 0.3 is 5.97 Å². The van der Waals surface area contributed by atoms with E-state index in [1.165, 1.54) is 0 Å². The van der Waals surface area contributed by atoms with Gasteiger partial charge in [0.15, 0.2) is 0 Å². The first-order valence-electron chi connectivity index (χ1n) is 8.54. The van der Waals surface area contributed by atoms with E-state index in [9.17, 15) is 9.59 Å². The number of alkyl halides is 1. The van der Waals surface area contributed by atoms with E-state index in [1.807, 2.05) is 32.0 Å². The van der Waals surface area contributed by atoms with Crippen molar-refractivity contribution in [2.24, 2.45) is 0 Å². The number of esters is 1. The van der Waals surface area contributed by atoms with Gasteiger partial charge in [-0.15, -0.1) is 11.6 Å². The number of H-pyrrole nitrogens is 1. The van der Waals surface area contributed by atoms with E-state index < -0.39 is 0 Å². The number of halogens is 1. The van der Waals surface area contributed by atoms with Crippen LogP contribution < -0.4 is 5.32 Å². The number of carbonyl (C=O) groups is 2. The lowest BCUT2D eigenvalue weighted by molar-refractivity contribution is -0.110. The Morgan fingerprint density at radius 1 is 1.31 bits per heavy atom. The average Bonchev–Trinajstić information content (AvgIpc) is 3.05. The van der Waals surface area contributed by atoms with Crippen LogP contribution in [0.1, 0.15) is 45.4 Å². The summed E-state index contributed by atoms with van der Waals surface area (Å²) in [4.78, 5) is 27.8. The van der Waals surface area contributed by atoms with E-state index in [4.69, 9.17) is 16.3 Å². The first-order chi connectivity index (χ1) is 12.5. The molecule has 2 heterocycles. The van der Waals surface area contributed by atoms with Crippen molar-refractivity contribution in [3.8, 4) is 0 Å². The molecule has 1 aliphatic rings. The monoisotopic (exact) mass is 372 g/mol. The Hall–Kier alpha value is -2.53. The van der Waals surface area contributed by atoms with Crippen molar-refractivity contribution in [2.75, 3.05) is 17.8 Å². The first-order valence-corrected chi connectivity index (χ1v) is 9.08. The molecule has 0 saturated carbocycles. The fourth-order valence-corrected chi connectivity index (χ4v) is 3.43. The molecule has 6 heteroatoms. The van der Waals surface area contributed by atoms with Crippen molar-refractivity contribution in [1.82, 2.24) is 4.98 Å². The fraction of sp³-hybridized carbons (Fsp3) is 0.300. The van der Waals surface area contributed by atoms with Crippen LogP contribution in [-0.2, 0) is 16.0 Å². The van der Waals surface area contributed by atoms with E-state index in [0.29, 0.717) is 23.6 Å². The molecule has 0 radical (unpaired) electrons. The van der Waals surface area contributed by atoms with Crippen LogP contribution in [0.5, 0.6) is 0 Å². The maximum atomic E-state index is 12.4. The lowest BCUT2D eigenvalue weighted by atomic mass is 10.0. The Labute approximate surface area is 157 Å². The second-order valence-corrected chi connectivity index (χ2v) is 6.59. The molecule has 5 nitrogen and oxygen atoms in total. The van der Waals surface area contributed by atoms with Gasteiger partial charge in [0.1, 0.15) is 0 Å². The van der Waals surface area contributed by atoms with Crippen molar-refractivity contribution < 1.29 is 14.3 Å². The van der Waals surface area contributed by atoms with Gasteiger partial charge in [-0.25, -0.2) is 4.79 Å². The van der Waals surface area contributed by atoms with Crippen LogP contribution in [0, 0.1) is 13.8 Å². The van der Waals surface area contributed by atoms with Crippen molar-refractivity contribution >= 4 is 40.8 Å². The lowest BCUT2D eigenvalue weighted by Crippen LogP contribution is -2.06. The molecule has 0 bridgehead atoms. The van der Waals surface area contributed by atoms with Crippen LogP contribution in [0.3, 0.4) is 0 Å². The molecule has 0 saturated heterocycles. The summed E-state index contributed by atoms with van der Waals surface area (Å²) < 4.78 is 5.12. The van der Waals surface area contributed by atoms with Crippen LogP contribution in [0.4, 0.5) is 5.69 Å². The maximum Gasteiger partial charge on any atom is 0.340 e. The van der Waals surface area contributed by atoms with Gasteiger partial charge in [0.25, 0.3) is 5.91 Å². The molecule has 1 aliphatic heterocycles. The minimum Gasteiger partial charge on any atom is -0.462 e. The molecule has 0 aliphatic carbocycles. The molecule has 2 N–H and O–H groups in total. The van der Waals surface area contributed by atoms with Gasteiger partial charge in [0.05, 0.1) is 17.7 Å². The van der Waals surface area contributed by atoms with E-state index in [1.54, 1.807) is 13.0 Å². The van der Waals surface area contributed by atoms with Gasteiger partial charge in [-0.05, 0) is 56.5 Å². The van der Waals surface area contributed by atoms with E-state index in [0.717, 1.165) is 40.2 Å². The number of ether oxygens (including phenoxy) is 1. The Bertz CT molecular complexity index is 912. The maximum absolute atomic E-state index is 12.4. The van der Waals surface area contributed by atoms with Crippen LogP contribution in [0.15, 0.2) is 18.2 Å². The molecular weight excluding hydrogens is 352 g/mol. The number of anilines is 1. The summed E-state index contributed by atoms with van der Waals surface area (Å²) >= 11 is 5.83. The molecule has 1 aromatic heterocycles. The van der Waals surface area contributed by atoms with Crippen LogP contribution in [0.25, 0.3) is 11.6 Å². The molecule has 3 rings (SSSR count). The van der Waals surface area contributed by atoms with Gasteiger partial charge in [-0.3, -0.25) is 4.79 Å². The van der Waals surface area contributed by atoms with Crippen LogP contribution in [0.2, 0.25) is 0 Å². The minimum absolute atomic E-state index is 0.160. The Morgan fingerprint density at radius 2 is 2.08 bits per heavy atom. The predicted molar refractivity (Wildman–Crippen MR) is 104 cm³/mol. The van der Waals surface area contributed by atoms with E-state index >= 15 is 0 Å². The lowest BCUT2D eigenvalue weighted by Gasteiger charge is -2.03. The molecule has 1 amide bonds. The highest BCUT2D eigenvalue weighted by atomic mass is 35.5. The van der Waals surface area contributed by atoms with Gasteiger partial charge in [0, 0.05) is 28.5 Å². The normalized spacial score (nSPS) is 14.5. The largest absolute Gasteiger partial charge is 0.462 e. The molecule has 0 spiro atoms. The zero-order valence-corrected chi connectivity index (χ0v) is 15.8. The number of fused-ring (bicyclic) bond motifs is 1. The predicted octanol–water partition coefficient (Wildman–Crippen LogP) is 4.08. The second-order valence-electron chi connectivity index (χ2n) is 6.22. The topological polar surface area (TPSA) is 71.2 Å². The molecule has 136 valence electrons. The third-order valence-corrected chi connectivity index (χ3v) is 4.68. The summed E-state index contributed by atoms with van der Waals surface area (Å²) in [6.07, 6.45) is 2.53. The Morgan fingerprint density at radius 3 is 2.77 bits per heavy atom.